The van der Waals surface area contributed by atoms with Gasteiger partial charge in [0, 0.05) is 7.05 Å². The van der Waals surface area contributed by atoms with Crippen LogP contribution in [0.2, 0.25) is 0 Å². The minimum atomic E-state index is -4.74. The molecule has 0 atom stereocenters. The summed E-state index contributed by atoms with van der Waals surface area (Å²) < 4.78 is 59.3. The Kier molecular flexibility index (Phi) is 5.65. The van der Waals surface area contributed by atoms with Gasteiger partial charge in [-0.25, -0.2) is 4.39 Å². The van der Waals surface area contributed by atoms with Gasteiger partial charge in [-0.3, -0.25) is 9.59 Å². The van der Waals surface area contributed by atoms with E-state index in [0.29, 0.717) is 11.8 Å². The van der Waals surface area contributed by atoms with Crippen LogP contribution in [0, 0.1) is 5.82 Å². The first-order valence-corrected chi connectivity index (χ1v) is 7.95. The Labute approximate surface area is 150 Å². The minimum absolute atomic E-state index is 0.0936. The van der Waals surface area contributed by atoms with Crippen molar-refractivity contribution in [3.63, 3.8) is 0 Å². The average molecular weight is 390 g/mol. The monoisotopic (exact) mass is 390 g/mol. The summed E-state index contributed by atoms with van der Waals surface area (Å²) in [7, 11) is 2.37. The molecule has 2 aromatic rings. The zero-order valence-electron chi connectivity index (χ0n) is 13.7. The zero-order chi connectivity index (χ0) is 19.6. The third-order valence-corrected chi connectivity index (χ3v) is 4.57. The summed E-state index contributed by atoms with van der Waals surface area (Å²) in [6, 6.07) is 4.14. The van der Waals surface area contributed by atoms with E-state index in [0.717, 1.165) is 30.2 Å². The Hall–Kier alpha value is -2.49. The number of carbonyl (C=O) groups excluding carboxylic acids is 2. The van der Waals surface area contributed by atoms with E-state index < -0.39 is 41.0 Å². The highest BCUT2D eigenvalue weighted by Gasteiger charge is 2.37. The number of thioether (sulfide) groups is 1. The number of nitrogens with zero attached hydrogens (tertiary/aromatic N) is 1. The number of hydrogen-bond acceptors (Lipinski definition) is 4. The second-order valence-electron chi connectivity index (χ2n) is 5.30. The standard InChI is InChI=1S/C16H14F4N2O3S/c1-22(7-12(21)23)15(24)26-14-9-4-6-11(25-2)13(16(18,19)20)8(9)3-5-10(14)17/h3-6H,7H2,1-2H3,(H2,21,23). The van der Waals surface area contributed by atoms with Crippen LogP contribution in [0.5, 0.6) is 5.75 Å². The molecule has 0 unspecified atom stereocenters. The van der Waals surface area contributed by atoms with E-state index in [1.807, 2.05) is 0 Å². The minimum Gasteiger partial charge on any atom is -0.496 e. The van der Waals surface area contributed by atoms with Crippen LogP contribution in [0.25, 0.3) is 10.8 Å². The van der Waals surface area contributed by atoms with Gasteiger partial charge in [0.15, 0.2) is 0 Å². The summed E-state index contributed by atoms with van der Waals surface area (Å²) in [5.74, 6) is -2.05. The first kappa shape index (κ1) is 19.8. The van der Waals surface area contributed by atoms with Gasteiger partial charge in [0.25, 0.3) is 5.24 Å². The number of alkyl halides is 3. The van der Waals surface area contributed by atoms with Crippen molar-refractivity contribution in [2.45, 2.75) is 11.1 Å². The second-order valence-corrected chi connectivity index (χ2v) is 6.26. The number of ether oxygens (including phenoxy) is 1. The van der Waals surface area contributed by atoms with Crippen LogP contribution in [-0.2, 0) is 11.0 Å². The molecule has 0 saturated carbocycles. The third-order valence-electron chi connectivity index (χ3n) is 3.46. The predicted octanol–water partition coefficient (Wildman–Crippen LogP) is 3.64. The number of benzene rings is 2. The molecule has 0 fully saturated rings. The molecule has 0 heterocycles. The highest BCUT2D eigenvalue weighted by Crippen LogP contribution is 2.44. The maximum absolute atomic E-state index is 14.2. The quantitative estimate of drug-likeness (QED) is 0.639. The lowest BCUT2D eigenvalue weighted by Crippen LogP contribution is -2.33. The fourth-order valence-electron chi connectivity index (χ4n) is 2.36. The van der Waals surface area contributed by atoms with Crippen LogP contribution < -0.4 is 10.5 Å². The predicted molar refractivity (Wildman–Crippen MR) is 88.5 cm³/mol. The van der Waals surface area contributed by atoms with Gasteiger partial charge in [0.1, 0.15) is 17.1 Å². The number of primary amides is 1. The molecular formula is C16H14F4N2O3S. The number of nitrogens with two attached hydrogens (primary N) is 1. The number of amides is 2. The summed E-state index contributed by atoms with van der Waals surface area (Å²) in [6.45, 7) is -0.403. The molecule has 2 amide bonds. The third kappa shape index (κ3) is 4.01. The van der Waals surface area contributed by atoms with Gasteiger partial charge in [-0.1, -0.05) is 6.07 Å². The molecule has 2 N–H and O–H groups in total. The maximum Gasteiger partial charge on any atom is 0.420 e. The van der Waals surface area contributed by atoms with Crippen molar-refractivity contribution >= 4 is 33.7 Å². The summed E-state index contributed by atoms with van der Waals surface area (Å²) in [5, 5.41) is -1.13. The highest BCUT2D eigenvalue weighted by atomic mass is 32.2. The number of halogens is 4. The van der Waals surface area contributed by atoms with Crippen molar-refractivity contribution in [1.29, 1.82) is 0 Å². The summed E-state index contributed by atoms with van der Waals surface area (Å²) in [6.07, 6.45) is -4.74. The van der Waals surface area contributed by atoms with E-state index in [2.05, 4.69) is 0 Å². The van der Waals surface area contributed by atoms with Crippen LogP contribution in [0.4, 0.5) is 22.4 Å². The average Bonchev–Trinajstić information content (AvgIpc) is 2.54. The van der Waals surface area contributed by atoms with E-state index in [9.17, 15) is 27.2 Å². The van der Waals surface area contributed by atoms with Crippen molar-refractivity contribution in [2.24, 2.45) is 5.73 Å². The number of likely N-dealkylation sites (N-methyl/N-ethyl adjacent to an activating group) is 1. The van der Waals surface area contributed by atoms with Gasteiger partial charge < -0.3 is 15.4 Å². The van der Waals surface area contributed by atoms with E-state index >= 15 is 0 Å². The van der Waals surface area contributed by atoms with E-state index in [-0.39, 0.29) is 15.7 Å². The zero-order valence-corrected chi connectivity index (χ0v) is 14.5. The van der Waals surface area contributed by atoms with Crippen molar-refractivity contribution in [3.8, 4) is 5.75 Å². The lowest BCUT2D eigenvalue weighted by atomic mass is 10.0. The Balaban J connectivity index is 2.59. The molecule has 0 radical (unpaired) electrons. The molecule has 5 nitrogen and oxygen atoms in total. The highest BCUT2D eigenvalue weighted by molar-refractivity contribution is 8.13. The molecule has 0 saturated heterocycles. The van der Waals surface area contributed by atoms with E-state index in [4.69, 9.17) is 10.5 Å². The number of methoxy groups -OCH3 is 1. The molecule has 26 heavy (non-hydrogen) atoms. The molecule has 140 valence electrons. The lowest BCUT2D eigenvalue weighted by Gasteiger charge is -2.18. The summed E-state index contributed by atoms with van der Waals surface area (Å²) >= 11 is 0.379. The molecular weight excluding hydrogens is 376 g/mol. The van der Waals surface area contributed by atoms with Gasteiger partial charge in [0.2, 0.25) is 5.91 Å². The topological polar surface area (TPSA) is 72.6 Å². The van der Waals surface area contributed by atoms with E-state index in [1.165, 1.54) is 13.1 Å². The van der Waals surface area contributed by atoms with Gasteiger partial charge in [-0.2, -0.15) is 13.2 Å². The molecule has 0 aliphatic carbocycles. The van der Waals surface area contributed by atoms with Crippen LogP contribution in [0.15, 0.2) is 29.2 Å². The Morgan fingerprint density at radius 2 is 1.81 bits per heavy atom. The number of rotatable bonds is 4. The fraction of sp³-hybridized carbons (Fsp3) is 0.250. The van der Waals surface area contributed by atoms with Crippen molar-refractivity contribution in [2.75, 3.05) is 20.7 Å². The first-order valence-electron chi connectivity index (χ1n) is 7.14. The second kappa shape index (κ2) is 7.40. The van der Waals surface area contributed by atoms with Gasteiger partial charge in [-0.05, 0) is 40.7 Å². The Bertz CT molecular complexity index is 871. The molecule has 0 spiro atoms. The van der Waals surface area contributed by atoms with Crippen LogP contribution >= 0.6 is 11.8 Å². The van der Waals surface area contributed by atoms with Crippen LogP contribution in [0.3, 0.4) is 0 Å². The molecule has 0 bridgehead atoms. The number of hydrogen-bond donors (Lipinski definition) is 1. The largest absolute Gasteiger partial charge is 0.496 e. The lowest BCUT2D eigenvalue weighted by molar-refractivity contribution is -0.137. The van der Waals surface area contributed by atoms with Gasteiger partial charge in [0.05, 0.1) is 18.6 Å². The number of fused-ring (bicyclic) bond motifs is 1. The molecule has 2 rings (SSSR count). The Morgan fingerprint density at radius 1 is 1.19 bits per heavy atom. The van der Waals surface area contributed by atoms with Gasteiger partial charge in [-0.15, -0.1) is 0 Å². The van der Waals surface area contributed by atoms with Crippen molar-refractivity contribution < 1.29 is 31.9 Å². The van der Waals surface area contributed by atoms with E-state index in [1.54, 1.807) is 0 Å². The molecule has 10 heteroatoms. The molecule has 2 aromatic carbocycles. The van der Waals surface area contributed by atoms with Crippen molar-refractivity contribution in [1.82, 2.24) is 4.90 Å². The Morgan fingerprint density at radius 3 is 2.35 bits per heavy atom. The summed E-state index contributed by atoms with van der Waals surface area (Å²) in [5.41, 5.74) is 3.93. The SMILES string of the molecule is COc1ccc2c(SC(=O)N(C)CC(N)=O)c(F)ccc2c1C(F)(F)F. The molecule has 0 aliphatic rings. The maximum atomic E-state index is 14.2. The number of carbonyl (C=O) groups is 2. The normalized spacial score (nSPS) is 11.5. The smallest absolute Gasteiger partial charge is 0.420 e. The first-order chi connectivity index (χ1) is 12.1. The fourth-order valence-corrected chi connectivity index (χ4v) is 3.21. The molecule has 0 aliphatic heterocycles. The summed E-state index contributed by atoms with van der Waals surface area (Å²) in [4.78, 5) is 23.7. The molecule has 0 aromatic heterocycles. The van der Waals surface area contributed by atoms with Gasteiger partial charge >= 0.3 is 6.18 Å². The van der Waals surface area contributed by atoms with Crippen LogP contribution in [0.1, 0.15) is 5.56 Å². The van der Waals surface area contributed by atoms with Crippen molar-refractivity contribution in [3.05, 3.63) is 35.6 Å². The van der Waals surface area contributed by atoms with Crippen LogP contribution in [-0.4, -0.2) is 36.7 Å².